The van der Waals surface area contributed by atoms with Crippen molar-refractivity contribution in [1.29, 1.82) is 0 Å². The van der Waals surface area contributed by atoms with Crippen LogP contribution >= 0.6 is 0 Å². The van der Waals surface area contributed by atoms with Crippen molar-refractivity contribution in [1.82, 2.24) is 0 Å². The molecule has 11 heteroatoms. The van der Waals surface area contributed by atoms with Gasteiger partial charge in [0.25, 0.3) is 0 Å². The van der Waals surface area contributed by atoms with Crippen LogP contribution in [0.25, 0.3) is 0 Å². The number of ether oxygens (including phenoxy) is 2. The number of hydrogen-bond donors (Lipinski definition) is 2. The molecule has 0 radical (unpaired) electrons. The van der Waals surface area contributed by atoms with Crippen molar-refractivity contribution >= 4 is 159 Å². The van der Waals surface area contributed by atoms with Crippen LogP contribution in [0.15, 0.2) is 0 Å². The first-order valence-electron chi connectivity index (χ1n) is 1.88. The summed E-state index contributed by atoms with van der Waals surface area (Å²) in [5, 5.41) is 15.4. The number of carboxylic acid groups (broad SMARTS) is 2. The molecule has 0 aromatic heterocycles. The molecule has 0 bridgehead atoms. The first kappa shape index (κ1) is 30.1. The van der Waals surface area contributed by atoms with Crippen molar-refractivity contribution in [2.45, 2.75) is 0 Å². The summed E-state index contributed by atoms with van der Waals surface area (Å²) in [4.78, 5) is 28.8. The Morgan fingerprint density at radius 2 is 1.00 bits per heavy atom. The Morgan fingerprint density at radius 3 is 1.14 bits per heavy atom. The van der Waals surface area contributed by atoms with E-state index in [9.17, 15) is 14.4 Å². The molecule has 0 rings (SSSR count). The van der Waals surface area contributed by atoms with E-state index < -0.39 is 18.5 Å². The molecule has 0 atom stereocenters. The van der Waals surface area contributed by atoms with Crippen molar-refractivity contribution in [2.75, 3.05) is 0 Å². The van der Waals surface area contributed by atoms with Crippen LogP contribution in [0.4, 0.5) is 14.4 Å². The minimum absolute atomic E-state index is 0. The number of rotatable bonds is 0. The zero-order valence-corrected chi connectivity index (χ0v) is 4.44. The zero-order chi connectivity index (χ0) is 8.15. The Morgan fingerprint density at radius 1 is 0.786 bits per heavy atom. The van der Waals surface area contributed by atoms with Crippen LogP contribution in [0.3, 0.4) is 0 Å². The second kappa shape index (κ2) is 18.1. The predicted octanol–water partition coefficient (Wildman–Crippen LogP) is -2.10. The van der Waals surface area contributed by atoms with Crippen molar-refractivity contribution in [3.63, 3.8) is 0 Å². The molecule has 14 heavy (non-hydrogen) atoms. The van der Waals surface area contributed by atoms with Crippen LogP contribution in [0.1, 0.15) is 0 Å². The molecule has 7 nitrogen and oxygen atoms in total. The molecule has 0 fully saturated rings. The Labute approximate surface area is 188 Å². The van der Waals surface area contributed by atoms with Crippen molar-refractivity contribution in [3.05, 3.63) is 0 Å². The summed E-state index contributed by atoms with van der Waals surface area (Å²) in [6.07, 6.45) is -5.64. The van der Waals surface area contributed by atoms with Crippen LogP contribution in [0, 0.1) is 0 Å². The third-order valence-corrected chi connectivity index (χ3v) is 0.341. The standard InChI is InChI=1S/C3H2O7.2K.2Li.4H/c4-1(5)9-3(8)10-2(6)7;;;;;;;;/h(H,4,5)(H,6,7);;;;;;;;. The van der Waals surface area contributed by atoms with E-state index in [1.165, 1.54) is 0 Å². The number of carbonyl (C=O) groups is 3. The van der Waals surface area contributed by atoms with E-state index in [0.717, 1.165) is 0 Å². The topological polar surface area (TPSA) is 110 Å². The molecule has 0 heterocycles. The molecule has 0 unspecified atom stereocenters. The van der Waals surface area contributed by atoms with E-state index in [0.29, 0.717) is 0 Å². The number of carbonyl (C=O) groups excluding carboxylic acids is 1. The average Bonchev–Trinajstić information content (AvgIpc) is 1.58. The van der Waals surface area contributed by atoms with Gasteiger partial charge in [0.2, 0.25) is 0 Å². The summed E-state index contributed by atoms with van der Waals surface area (Å²) in [5.41, 5.74) is 0. The monoisotopic (exact) mass is 246 g/mol. The van der Waals surface area contributed by atoms with Gasteiger partial charge in [0.15, 0.2) is 0 Å². The summed E-state index contributed by atoms with van der Waals surface area (Å²) in [6.45, 7) is 0. The molecule has 64 valence electrons. The number of hydrogen-bond acceptors (Lipinski definition) is 5. The molecular weight excluding hydrogens is 240 g/mol. The predicted molar refractivity (Wildman–Crippen MR) is 52.2 cm³/mol. The summed E-state index contributed by atoms with van der Waals surface area (Å²) in [5.74, 6) is 0. The molecule has 0 aromatic carbocycles. The molecule has 0 spiro atoms. The van der Waals surface area contributed by atoms with E-state index in [1.54, 1.807) is 0 Å². The first-order valence-corrected chi connectivity index (χ1v) is 1.88. The van der Waals surface area contributed by atoms with Gasteiger partial charge >= 0.3 is 159 Å². The van der Waals surface area contributed by atoms with Gasteiger partial charge in [0, 0.05) is 0 Å². The quantitative estimate of drug-likeness (QED) is 0.286. The van der Waals surface area contributed by atoms with Gasteiger partial charge < -0.3 is 19.7 Å². The molecule has 0 saturated heterocycles. The fourth-order valence-corrected chi connectivity index (χ4v) is 0.163. The van der Waals surface area contributed by atoms with E-state index in [2.05, 4.69) is 9.47 Å². The normalized spacial score (nSPS) is 5.71. The first-order chi connectivity index (χ1) is 4.52. The van der Waals surface area contributed by atoms with Crippen LogP contribution in [0.5, 0.6) is 0 Å². The Balaban J connectivity index is -0.0000000675. The molecule has 0 aliphatic rings. The maximum absolute atomic E-state index is 9.86. The SMILES string of the molecule is O=C(O)OC(=O)OC(=O)O.[KH].[KH].[LiH].[LiH]. The Bertz CT molecular complexity index is 168. The second-order valence-corrected chi connectivity index (χ2v) is 0.986. The molecule has 0 aliphatic heterocycles. The van der Waals surface area contributed by atoms with Gasteiger partial charge in [-0.3, -0.25) is 0 Å². The van der Waals surface area contributed by atoms with Crippen LogP contribution in [-0.2, 0) is 9.47 Å². The fraction of sp³-hybridized carbons (Fsp3) is 0. The molecule has 0 saturated carbocycles. The summed E-state index contributed by atoms with van der Waals surface area (Å²) < 4.78 is 6.47. The Kier molecular flexibility index (Phi) is 38.8. The average molecular weight is 246 g/mol. The van der Waals surface area contributed by atoms with Gasteiger partial charge in [-0.25, -0.2) is 14.4 Å². The fourth-order valence-electron chi connectivity index (χ4n) is 0.163. The summed E-state index contributed by atoms with van der Waals surface area (Å²) in [7, 11) is 0. The van der Waals surface area contributed by atoms with E-state index >= 15 is 0 Å². The van der Waals surface area contributed by atoms with Crippen LogP contribution < -0.4 is 0 Å². The van der Waals surface area contributed by atoms with Gasteiger partial charge in [0.1, 0.15) is 0 Å². The van der Waals surface area contributed by atoms with Crippen molar-refractivity contribution in [2.24, 2.45) is 0 Å². The van der Waals surface area contributed by atoms with Gasteiger partial charge in [-0.1, -0.05) is 0 Å². The third-order valence-electron chi connectivity index (χ3n) is 0.341. The van der Waals surface area contributed by atoms with Gasteiger partial charge in [-0.2, -0.15) is 0 Å². The molecule has 0 aliphatic carbocycles. The van der Waals surface area contributed by atoms with E-state index in [-0.39, 0.29) is 140 Å². The van der Waals surface area contributed by atoms with Crippen molar-refractivity contribution in [3.8, 4) is 0 Å². The molecule has 2 N–H and O–H groups in total. The summed E-state index contributed by atoms with van der Waals surface area (Å²) in [6, 6.07) is 0. The summed E-state index contributed by atoms with van der Waals surface area (Å²) >= 11 is 0. The van der Waals surface area contributed by atoms with Gasteiger partial charge in [-0.05, 0) is 0 Å². The molecule has 0 aromatic rings. The van der Waals surface area contributed by atoms with Crippen LogP contribution in [0.2, 0.25) is 0 Å². The zero-order valence-electron chi connectivity index (χ0n) is 4.44. The van der Waals surface area contributed by atoms with Gasteiger partial charge in [-0.15, -0.1) is 0 Å². The van der Waals surface area contributed by atoms with Gasteiger partial charge in [0.05, 0.1) is 0 Å². The second-order valence-electron chi connectivity index (χ2n) is 0.986. The maximum atomic E-state index is 9.86. The molecule has 0 amide bonds. The van der Waals surface area contributed by atoms with Crippen molar-refractivity contribution < 1.29 is 34.1 Å². The molecular formula is C3H6K2Li2O7. The van der Waals surface area contributed by atoms with E-state index in [1.807, 2.05) is 0 Å². The Hall–Kier alpha value is 2.68. The van der Waals surface area contributed by atoms with Crippen LogP contribution in [-0.4, -0.2) is 169 Å². The van der Waals surface area contributed by atoms with E-state index in [4.69, 9.17) is 10.2 Å². The minimum atomic E-state index is -1.92. The third kappa shape index (κ3) is 24.1.